The van der Waals surface area contributed by atoms with Gasteiger partial charge in [0, 0.05) is 23.7 Å². The number of nitrogens with zero attached hydrogens (tertiary/aromatic N) is 2. The van der Waals surface area contributed by atoms with Gasteiger partial charge in [0.1, 0.15) is 5.82 Å². The Hall–Kier alpha value is -2.51. The lowest BCUT2D eigenvalue weighted by molar-refractivity contribution is -0.134. The summed E-state index contributed by atoms with van der Waals surface area (Å²) in [5, 5.41) is 8.56. The maximum Gasteiger partial charge on any atom is 0.243 e. The molecule has 2 amide bonds. The lowest BCUT2D eigenvalue weighted by Gasteiger charge is -2.31. The second-order valence-electron chi connectivity index (χ2n) is 12.0. The fourth-order valence-electron chi connectivity index (χ4n) is 6.97. The van der Waals surface area contributed by atoms with Crippen molar-refractivity contribution in [2.45, 2.75) is 115 Å². The molecule has 0 radical (unpaired) electrons. The molecule has 2 heterocycles. The van der Waals surface area contributed by atoms with Gasteiger partial charge < -0.3 is 11.1 Å². The van der Waals surface area contributed by atoms with Crippen LogP contribution in [0, 0.1) is 12.8 Å². The Morgan fingerprint density at radius 2 is 1.74 bits per heavy atom. The van der Waals surface area contributed by atoms with Gasteiger partial charge in [-0.2, -0.15) is 0 Å². The van der Waals surface area contributed by atoms with Gasteiger partial charge in [0.05, 0.1) is 12.1 Å². The standard InChI is InChI=1S/C31H45N5O2/c1-21-17-24-18-23(14-15-26(24)29(32)33-21)20-36-16-8-13-28(36)31(38)35-30(37)27(19-22-9-4-2-5-10-22)34-25-11-6-3-7-12-25/h14-15,17-18,22,25,27-28,34H,2-13,16,19-20H2,1H3,(H2,32,33)(H,35,37,38)/t27-,28+/m1/s1. The van der Waals surface area contributed by atoms with Crippen molar-refractivity contribution in [1.82, 2.24) is 20.5 Å². The number of anilines is 1. The maximum atomic E-state index is 13.5. The number of aromatic nitrogens is 1. The molecular formula is C31H45N5O2. The van der Waals surface area contributed by atoms with E-state index in [2.05, 4.69) is 32.7 Å². The zero-order chi connectivity index (χ0) is 26.5. The third-order valence-corrected chi connectivity index (χ3v) is 9.00. The van der Waals surface area contributed by atoms with Gasteiger partial charge >= 0.3 is 0 Å². The SMILES string of the molecule is Cc1cc2cc(CN3CCC[C@H]3C(=O)NC(=O)[C@@H](CC3CCCCC3)NC3CCCCC3)ccc2c(N)n1. The van der Waals surface area contributed by atoms with E-state index in [9.17, 15) is 9.59 Å². The number of nitrogens with one attached hydrogen (secondary N) is 2. The minimum absolute atomic E-state index is 0.123. The molecule has 1 aromatic carbocycles. The van der Waals surface area contributed by atoms with Crippen molar-refractivity contribution < 1.29 is 9.59 Å². The molecule has 1 saturated heterocycles. The van der Waals surface area contributed by atoms with Crippen LogP contribution in [0.25, 0.3) is 10.8 Å². The monoisotopic (exact) mass is 519 g/mol. The molecule has 38 heavy (non-hydrogen) atoms. The number of carbonyl (C=O) groups excluding carboxylic acids is 2. The molecule has 1 aliphatic heterocycles. The Morgan fingerprint density at radius 1 is 1.00 bits per heavy atom. The minimum atomic E-state index is -0.275. The molecule has 2 aromatic rings. The molecule has 2 saturated carbocycles. The van der Waals surface area contributed by atoms with Crippen molar-refractivity contribution >= 4 is 28.4 Å². The first-order chi connectivity index (χ1) is 18.5. The molecule has 7 nitrogen and oxygen atoms in total. The van der Waals surface area contributed by atoms with Crippen LogP contribution < -0.4 is 16.4 Å². The summed E-state index contributed by atoms with van der Waals surface area (Å²) in [5.41, 5.74) is 8.15. The molecule has 2 atom stereocenters. The predicted octanol–water partition coefficient (Wildman–Crippen LogP) is 4.99. The van der Waals surface area contributed by atoms with E-state index < -0.39 is 0 Å². The summed E-state index contributed by atoms with van der Waals surface area (Å²) in [4.78, 5) is 33.5. The number of rotatable bonds is 8. The number of likely N-dealkylation sites (tertiary alicyclic amines) is 1. The number of imide groups is 1. The van der Waals surface area contributed by atoms with E-state index in [0.717, 1.165) is 60.7 Å². The molecular weight excluding hydrogens is 474 g/mol. The number of hydrogen-bond acceptors (Lipinski definition) is 6. The van der Waals surface area contributed by atoms with Crippen LogP contribution >= 0.6 is 0 Å². The van der Waals surface area contributed by atoms with Crippen LogP contribution in [0.5, 0.6) is 0 Å². The molecule has 0 spiro atoms. The third-order valence-electron chi connectivity index (χ3n) is 9.00. The lowest BCUT2D eigenvalue weighted by Crippen LogP contribution is -2.54. The van der Waals surface area contributed by atoms with Gasteiger partial charge in [-0.15, -0.1) is 0 Å². The van der Waals surface area contributed by atoms with Crippen LogP contribution in [0.4, 0.5) is 5.82 Å². The summed E-state index contributed by atoms with van der Waals surface area (Å²) >= 11 is 0. The van der Waals surface area contributed by atoms with E-state index in [1.165, 1.54) is 51.4 Å². The second-order valence-corrected chi connectivity index (χ2v) is 12.0. The van der Waals surface area contributed by atoms with E-state index in [1.54, 1.807) is 0 Å². The first kappa shape index (κ1) is 27.1. The highest BCUT2D eigenvalue weighted by Gasteiger charge is 2.34. The first-order valence-electron chi connectivity index (χ1n) is 15.0. The van der Waals surface area contributed by atoms with Crippen molar-refractivity contribution in [2.24, 2.45) is 5.92 Å². The van der Waals surface area contributed by atoms with Crippen LogP contribution in [0.15, 0.2) is 24.3 Å². The van der Waals surface area contributed by atoms with Gasteiger partial charge in [0.15, 0.2) is 0 Å². The average molecular weight is 520 g/mol. The van der Waals surface area contributed by atoms with E-state index in [4.69, 9.17) is 5.73 Å². The quantitative estimate of drug-likeness (QED) is 0.454. The summed E-state index contributed by atoms with van der Waals surface area (Å²) in [6, 6.07) is 8.13. The Labute approximate surface area is 227 Å². The number of benzene rings is 1. The number of nitrogens with two attached hydrogens (primary N) is 1. The Balaban J connectivity index is 1.23. The highest BCUT2D eigenvalue weighted by atomic mass is 16.2. The molecule has 3 aliphatic rings. The predicted molar refractivity (Wildman–Crippen MR) is 152 cm³/mol. The molecule has 1 aromatic heterocycles. The number of hydrogen-bond donors (Lipinski definition) is 3. The molecule has 7 heteroatoms. The third kappa shape index (κ3) is 6.73. The largest absolute Gasteiger partial charge is 0.383 e. The normalized spacial score (nSPS) is 22.5. The summed E-state index contributed by atoms with van der Waals surface area (Å²) in [5.74, 6) is 0.862. The molecule has 3 fully saturated rings. The number of fused-ring (bicyclic) bond motifs is 1. The number of pyridine rings is 1. The Morgan fingerprint density at radius 3 is 2.50 bits per heavy atom. The summed E-state index contributed by atoms with van der Waals surface area (Å²) < 4.78 is 0. The van der Waals surface area contributed by atoms with Crippen LogP contribution in [0.3, 0.4) is 0 Å². The van der Waals surface area contributed by atoms with Crippen LogP contribution in [0.1, 0.15) is 94.7 Å². The number of aryl methyl sites for hydroxylation is 1. The first-order valence-corrected chi connectivity index (χ1v) is 15.0. The molecule has 2 aliphatic carbocycles. The zero-order valence-electron chi connectivity index (χ0n) is 23.0. The fraction of sp³-hybridized carbons (Fsp3) is 0.645. The maximum absolute atomic E-state index is 13.5. The highest BCUT2D eigenvalue weighted by molar-refractivity contribution is 6.00. The highest BCUT2D eigenvalue weighted by Crippen LogP contribution is 2.29. The van der Waals surface area contributed by atoms with Crippen molar-refractivity contribution in [3.8, 4) is 0 Å². The van der Waals surface area contributed by atoms with Gasteiger partial charge in [0.25, 0.3) is 0 Å². The zero-order valence-corrected chi connectivity index (χ0v) is 23.0. The van der Waals surface area contributed by atoms with E-state index >= 15 is 0 Å². The van der Waals surface area contributed by atoms with Gasteiger partial charge in [-0.05, 0) is 74.6 Å². The molecule has 5 rings (SSSR count). The van der Waals surface area contributed by atoms with Crippen LogP contribution in [0.2, 0.25) is 0 Å². The van der Waals surface area contributed by atoms with Crippen molar-refractivity contribution in [3.05, 3.63) is 35.5 Å². The van der Waals surface area contributed by atoms with Crippen LogP contribution in [-0.4, -0.2) is 46.4 Å². The van der Waals surface area contributed by atoms with Gasteiger partial charge in [-0.25, -0.2) is 4.98 Å². The molecule has 206 valence electrons. The number of amides is 2. The Kier molecular flexibility index (Phi) is 8.95. The minimum Gasteiger partial charge on any atom is -0.383 e. The summed E-state index contributed by atoms with van der Waals surface area (Å²) in [6.45, 7) is 3.48. The van der Waals surface area contributed by atoms with Crippen molar-refractivity contribution in [3.63, 3.8) is 0 Å². The van der Waals surface area contributed by atoms with Gasteiger partial charge in [0.2, 0.25) is 11.8 Å². The van der Waals surface area contributed by atoms with E-state index in [1.807, 2.05) is 19.1 Å². The molecule has 0 unspecified atom stereocenters. The fourth-order valence-corrected chi connectivity index (χ4v) is 6.97. The summed E-state index contributed by atoms with van der Waals surface area (Å²) in [7, 11) is 0. The average Bonchev–Trinajstić information content (AvgIpc) is 3.37. The number of carbonyl (C=O) groups is 2. The van der Waals surface area contributed by atoms with Crippen LogP contribution in [-0.2, 0) is 16.1 Å². The van der Waals surface area contributed by atoms with Crippen molar-refractivity contribution in [1.29, 1.82) is 0 Å². The van der Waals surface area contributed by atoms with Gasteiger partial charge in [-0.1, -0.05) is 63.5 Å². The van der Waals surface area contributed by atoms with E-state index in [-0.39, 0.29) is 23.9 Å². The number of nitrogen functional groups attached to an aromatic ring is 1. The Bertz CT molecular complexity index is 1100. The van der Waals surface area contributed by atoms with Gasteiger partial charge in [-0.3, -0.25) is 19.8 Å². The van der Waals surface area contributed by atoms with Crippen molar-refractivity contribution in [2.75, 3.05) is 12.3 Å². The smallest absolute Gasteiger partial charge is 0.243 e. The topological polar surface area (TPSA) is 100 Å². The molecule has 4 N–H and O–H groups in total. The molecule has 0 bridgehead atoms. The summed E-state index contributed by atoms with van der Waals surface area (Å²) in [6.07, 6.45) is 14.8. The second kappa shape index (κ2) is 12.6. The van der Waals surface area contributed by atoms with E-state index in [0.29, 0.717) is 24.3 Å². The lowest BCUT2D eigenvalue weighted by atomic mass is 9.84.